The summed E-state index contributed by atoms with van der Waals surface area (Å²) in [6.07, 6.45) is 2.18. The number of rotatable bonds is 4. The molecule has 1 aliphatic carbocycles. The topological polar surface area (TPSA) is 119 Å². The monoisotopic (exact) mass is 427 g/mol. The predicted octanol–water partition coefficient (Wildman–Crippen LogP) is 2.20. The normalized spacial score (nSPS) is 23.9. The largest absolute Gasteiger partial charge is 0.465 e. The molecule has 31 heavy (non-hydrogen) atoms. The van der Waals surface area contributed by atoms with Gasteiger partial charge in [-0.25, -0.2) is 10.3 Å². The third kappa shape index (κ3) is 5.98. The summed E-state index contributed by atoms with van der Waals surface area (Å²) >= 11 is 0. The van der Waals surface area contributed by atoms with Gasteiger partial charge in [0, 0.05) is 24.9 Å². The Morgan fingerprint density at radius 2 is 1.74 bits per heavy atom. The van der Waals surface area contributed by atoms with E-state index in [2.05, 4.69) is 29.3 Å². The second-order valence-electron chi connectivity index (χ2n) is 8.19. The minimum absolute atomic E-state index is 0.0153. The average Bonchev–Trinajstić information content (AvgIpc) is 2.81. The van der Waals surface area contributed by atoms with Gasteiger partial charge in [-0.2, -0.15) is 0 Å². The number of nitrogens with one attached hydrogen (secondary N) is 2. The zero-order valence-electron chi connectivity index (χ0n) is 17.4. The Kier molecular flexibility index (Phi) is 7.90. The van der Waals surface area contributed by atoms with Crippen LogP contribution in [0.15, 0.2) is 30.3 Å². The van der Waals surface area contributed by atoms with E-state index in [0.717, 1.165) is 12.8 Å². The van der Waals surface area contributed by atoms with E-state index in [1.54, 1.807) is 5.48 Å². The van der Waals surface area contributed by atoms with Crippen molar-refractivity contribution in [3.63, 3.8) is 0 Å². The van der Waals surface area contributed by atoms with E-state index in [0.29, 0.717) is 38.3 Å². The Balaban J connectivity index is 1.59. The summed E-state index contributed by atoms with van der Waals surface area (Å²) in [6.45, 7) is 1.33. The van der Waals surface area contributed by atoms with Crippen molar-refractivity contribution >= 4 is 17.9 Å². The molecule has 3 atom stereocenters. The zero-order valence-corrected chi connectivity index (χ0v) is 17.4. The fourth-order valence-electron chi connectivity index (χ4n) is 4.68. The van der Waals surface area contributed by atoms with Crippen molar-refractivity contribution in [1.29, 1.82) is 0 Å². The molecular formula is C23H29N3O5. The number of nitrogens with zero attached hydrogens (tertiary/aromatic N) is 1. The maximum absolute atomic E-state index is 13.2. The van der Waals surface area contributed by atoms with Crippen molar-refractivity contribution in [3.05, 3.63) is 35.9 Å². The van der Waals surface area contributed by atoms with Gasteiger partial charge in [0.2, 0.25) is 11.8 Å². The SMILES string of the molecule is O=C(O)NCC#C[C@@H]1CC[C@H](C(=O)N2CCC(c3ccccc3)CC2)[C@@H](C(=O)NO)C1. The van der Waals surface area contributed by atoms with Gasteiger partial charge in [0.05, 0.1) is 12.5 Å². The van der Waals surface area contributed by atoms with Crippen molar-refractivity contribution in [2.45, 2.75) is 38.0 Å². The first kappa shape index (κ1) is 22.6. The van der Waals surface area contributed by atoms with Crippen LogP contribution in [0.3, 0.4) is 0 Å². The summed E-state index contributed by atoms with van der Waals surface area (Å²) in [7, 11) is 0. The van der Waals surface area contributed by atoms with Gasteiger partial charge in [-0.3, -0.25) is 14.8 Å². The summed E-state index contributed by atoms with van der Waals surface area (Å²) in [6, 6.07) is 10.3. The van der Waals surface area contributed by atoms with Crippen molar-refractivity contribution in [2.75, 3.05) is 19.6 Å². The number of carboxylic acid groups (broad SMARTS) is 1. The van der Waals surface area contributed by atoms with Gasteiger partial charge in [-0.1, -0.05) is 42.2 Å². The highest BCUT2D eigenvalue weighted by molar-refractivity contribution is 5.87. The minimum atomic E-state index is -1.14. The number of carbonyl (C=O) groups is 3. The highest BCUT2D eigenvalue weighted by atomic mass is 16.5. The zero-order chi connectivity index (χ0) is 22.2. The van der Waals surface area contributed by atoms with E-state index in [1.807, 2.05) is 23.1 Å². The van der Waals surface area contributed by atoms with Gasteiger partial charge < -0.3 is 15.3 Å². The van der Waals surface area contributed by atoms with Gasteiger partial charge in [0.25, 0.3) is 0 Å². The lowest BCUT2D eigenvalue weighted by molar-refractivity contribution is -0.148. The molecule has 0 aromatic heterocycles. The second kappa shape index (κ2) is 10.8. The quantitative estimate of drug-likeness (QED) is 0.334. The Hall–Kier alpha value is -3.05. The Bertz CT molecular complexity index is 840. The average molecular weight is 428 g/mol. The molecule has 0 spiro atoms. The molecule has 1 aromatic carbocycles. The molecule has 1 heterocycles. The molecule has 0 radical (unpaired) electrons. The van der Waals surface area contributed by atoms with E-state index in [1.165, 1.54) is 5.56 Å². The molecular weight excluding hydrogens is 398 g/mol. The minimum Gasteiger partial charge on any atom is -0.465 e. The van der Waals surface area contributed by atoms with Crippen LogP contribution in [0.4, 0.5) is 4.79 Å². The lowest BCUT2D eigenvalue weighted by Gasteiger charge is -2.38. The van der Waals surface area contributed by atoms with Gasteiger partial charge in [0.15, 0.2) is 0 Å². The lowest BCUT2D eigenvalue weighted by Crippen LogP contribution is -2.48. The van der Waals surface area contributed by atoms with Crippen molar-refractivity contribution < 1.29 is 24.7 Å². The third-order valence-electron chi connectivity index (χ3n) is 6.33. The van der Waals surface area contributed by atoms with Crippen LogP contribution in [-0.2, 0) is 9.59 Å². The van der Waals surface area contributed by atoms with Crippen LogP contribution < -0.4 is 10.8 Å². The van der Waals surface area contributed by atoms with Crippen LogP contribution in [0.5, 0.6) is 0 Å². The first-order valence-corrected chi connectivity index (χ1v) is 10.7. The molecule has 1 saturated carbocycles. The Morgan fingerprint density at radius 1 is 1.03 bits per heavy atom. The number of hydrogen-bond acceptors (Lipinski definition) is 4. The number of carbonyl (C=O) groups excluding carboxylic acids is 2. The number of likely N-dealkylation sites (tertiary alicyclic amines) is 1. The Labute approximate surface area is 182 Å². The summed E-state index contributed by atoms with van der Waals surface area (Å²) in [5, 5.41) is 20.0. The van der Waals surface area contributed by atoms with E-state index in [-0.39, 0.29) is 18.4 Å². The molecule has 3 amide bonds. The molecule has 0 bridgehead atoms. The molecule has 166 valence electrons. The van der Waals surface area contributed by atoms with Crippen molar-refractivity contribution in [1.82, 2.24) is 15.7 Å². The third-order valence-corrected chi connectivity index (χ3v) is 6.33. The molecule has 1 aliphatic heterocycles. The van der Waals surface area contributed by atoms with Gasteiger partial charge in [0.1, 0.15) is 0 Å². The van der Waals surface area contributed by atoms with E-state index in [9.17, 15) is 19.6 Å². The van der Waals surface area contributed by atoms with Gasteiger partial charge in [-0.15, -0.1) is 0 Å². The highest BCUT2D eigenvalue weighted by Gasteiger charge is 2.41. The molecule has 1 aromatic rings. The maximum Gasteiger partial charge on any atom is 0.405 e. The molecule has 2 fully saturated rings. The predicted molar refractivity (Wildman–Crippen MR) is 113 cm³/mol. The van der Waals surface area contributed by atoms with Crippen LogP contribution >= 0.6 is 0 Å². The molecule has 0 unspecified atom stereocenters. The van der Waals surface area contributed by atoms with E-state index >= 15 is 0 Å². The fourth-order valence-corrected chi connectivity index (χ4v) is 4.68. The summed E-state index contributed by atoms with van der Waals surface area (Å²) in [5.74, 6) is 4.35. The van der Waals surface area contributed by atoms with Crippen molar-refractivity contribution in [2.24, 2.45) is 17.8 Å². The molecule has 3 rings (SSSR count). The van der Waals surface area contributed by atoms with Crippen LogP contribution in [0, 0.1) is 29.6 Å². The number of hydroxylamine groups is 1. The Morgan fingerprint density at radius 3 is 2.39 bits per heavy atom. The molecule has 2 aliphatic rings. The fraction of sp³-hybridized carbons (Fsp3) is 0.522. The molecule has 1 saturated heterocycles. The van der Waals surface area contributed by atoms with Crippen molar-refractivity contribution in [3.8, 4) is 11.8 Å². The summed E-state index contributed by atoms with van der Waals surface area (Å²) < 4.78 is 0. The summed E-state index contributed by atoms with van der Waals surface area (Å²) in [4.78, 5) is 37.9. The van der Waals surface area contributed by atoms with Crippen LogP contribution in [0.2, 0.25) is 0 Å². The van der Waals surface area contributed by atoms with E-state index in [4.69, 9.17) is 5.11 Å². The maximum atomic E-state index is 13.2. The second-order valence-corrected chi connectivity index (χ2v) is 8.19. The molecule has 8 heteroatoms. The standard InChI is InChI=1S/C23H29N3O5/c27-21(25-31)20-15-16(5-4-12-24-23(29)30)8-9-19(20)22(28)26-13-10-18(11-14-26)17-6-2-1-3-7-17/h1-3,6-7,16,18-20,24,31H,8-15H2,(H,25,27)(H,29,30)/t16-,19+,20+/m1/s1. The number of piperidine rings is 1. The molecule has 4 N–H and O–H groups in total. The number of hydrogen-bond donors (Lipinski definition) is 4. The first-order valence-electron chi connectivity index (χ1n) is 10.7. The van der Waals surface area contributed by atoms with Crippen LogP contribution in [0.25, 0.3) is 0 Å². The van der Waals surface area contributed by atoms with E-state index < -0.39 is 23.8 Å². The first-order chi connectivity index (χ1) is 15.0. The smallest absolute Gasteiger partial charge is 0.405 e. The van der Waals surface area contributed by atoms with Gasteiger partial charge in [-0.05, 0) is 43.6 Å². The number of benzene rings is 1. The highest BCUT2D eigenvalue weighted by Crippen LogP contribution is 2.36. The number of amides is 3. The van der Waals surface area contributed by atoms with Crippen LogP contribution in [-0.4, -0.2) is 52.8 Å². The lowest BCUT2D eigenvalue weighted by atomic mass is 9.73. The summed E-state index contributed by atoms with van der Waals surface area (Å²) in [5.41, 5.74) is 3.00. The van der Waals surface area contributed by atoms with Gasteiger partial charge >= 0.3 is 6.09 Å². The van der Waals surface area contributed by atoms with Crippen LogP contribution in [0.1, 0.15) is 43.6 Å². The molecule has 8 nitrogen and oxygen atoms in total.